The van der Waals surface area contributed by atoms with Crippen LogP contribution in [0.25, 0.3) is 0 Å². The quantitative estimate of drug-likeness (QED) is 0.672. The number of halogens is 2. The second-order valence-corrected chi connectivity index (χ2v) is 6.24. The summed E-state index contributed by atoms with van der Waals surface area (Å²) in [4.78, 5) is 2.30. The van der Waals surface area contributed by atoms with Crippen molar-refractivity contribution in [3.63, 3.8) is 0 Å². The molecule has 0 saturated heterocycles. The second-order valence-electron chi connectivity index (χ2n) is 5.07. The first-order valence-electron chi connectivity index (χ1n) is 6.71. The minimum atomic E-state index is -0.499. The maximum atomic E-state index is 13.9. The molecule has 1 aromatic carbocycles. The minimum absolute atomic E-state index is 0.256. The first-order chi connectivity index (χ1) is 9.69. The zero-order chi connectivity index (χ0) is 14.1. The summed E-state index contributed by atoms with van der Waals surface area (Å²) in [6.07, 6.45) is 4.53. The lowest BCUT2D eigenvalue weighted by molar-refractivity contribution is 0.549. The summed E-state index contributed by atoms with van der Waals surface area (Å²) in [5, 5.41) is 0. The predicted molar refractivity (Wildman–Crippen MR) is 76.5 cm³/mol. The van der Waals surface area contributed by atoms with E-state index in [-0.39, 0.29) is 5.56 Å². The molecule has 0 fully saturated rings. The average molecular weight is 294 g/mol. The summed E-state index contributed by atoms with van der Waals surface area (Å²) in [6.45, 7) is 0. The van der Waals surface area contributed by atoms with Gasteiger partial charge in [-0.2, -0.15) is 0 Å². The molecule has 106 valence electrons. The van der Waals surface area contributed by atoms with Gasteiger partial charge < -0.3 is 0 Å². The van der Waals surface area contributed by atoms with Gasteiger partial charge in [0, 0.05) is 15.3 Å². The van der Waals surface area contributed by atoms with Gasteiger partial charge in [0.15, 0.2) is 0 Å². The van der Waals surface area contributed by atoms with Gasteiger partial charge in [-0.1, -0.05) is 0 Å². The van der Waals surface area contributed by atoms with Crippen LogP contribution in [0.15, 0.2) is 24.3 Å². The van der Waals surface area contributed by atoms with E-state index in [9.17, 15) is 8.78 Å². The maximum absolute atomic E-state index is 13.9. The van der Waals surface area contributed by atoms with E-state index in [1.54, 1.807) is 11.3 Å². The molecule has 1 atom stereocenters. The fraction of sp³-hybridized carbons (Fsp3) is 0.333. The molecule has 20 heavy (non-hydrogen) atoms. The van der Waals surface area contributed by atoms with Crippen LogP contribution in [-0.4, -0.2) is 0 Å². The fourth-order valence-electron chi connectivity index (χ4n) is 2.72. The van der Waals surface area contributed by atoms with Crippen molar-refractivity contribution in [3.8, 4) is 0 Å². The van der Waals surface area contributed by atoms with Crippen molar-refractivity contribution in [3.05, 3.63) is 56.8 Å². The Bertz CT molecular complexity index is 601. The van der Waals surface area contributed by atoms with E-state index < -0.39 is 17.7 Å². The summed E-state index contributed by atoms with van der Waals surface area (Å²) < 4.78 is 27.3. The number of nitrogens with two attached hydrogens (primary N) is 1. The first kappa shape index (κ1) is 13.7. The highest BCUT2D eigenvalue weighted by molar-refractivity contribution is 7.12. The van der Waals surface area contributed by atoms with E-state index >= 15 is 0 Å². The minimum Gasteiger partial charge on any atom is -0.271 e. The third-order valence-corrected chi connectivity index (χ3v) is 5.04. The normalized spacial score (nSPS) is 15.9. The highest BCUT2D eigenvalue weighted by Gasteiger charge is 2.22. The molecule has 0 aliphatic heterocycles. The Labute approximate surface area is 120 Å². The monoisotopic (exact) mass is 294 g/mol. The molecule has 5 heteroatoms. The van der Waals surface area contributed by atoms with Gasteiger partial charge in [-0.3, -0.25) is 5.84 Å². The lowest BCUT2D eigenvalue weighted by Crippen LogP contribution is -2.29. The van der Waals surface area contributed by atoms with Crippen LogP contribution in [0.2, 0.25) is 0 Å². The summed E-state index contributed by atoms with van der Waals surface area (Å²) in [7, 11) is 0. The number of hydrogen-bond donors (Lipinski definition) is 2. The van der Waals surface area contributed by atoms with E-state index in [0.29, 0.717) is 0 Å². The number of rotatable bonds is 3. The van der Waals surface area contributed by atoms with Crippen molar-refractivity contribution in [1.82, 2.24) is 5.43 Å². The lowest BCUT2D eigenvalue weighted by Gasteiger charge is -2.15. The third-order valence-electron chi connectivity index (χ3n) is 3.74. The number of hydrazine groups is 1. The Morgan fingerprint density at radius 2 is 1.95 bits per heavy atom. The average Bonchev–Trinajstić information content (AvgIpc) is 2.87. The van der Waals surface area contributed by atoms with Gasteiger partial charge in [0.2, 0.25) is 0 Å². The van der Waals surface area contributed by atoms with Crippen molar-refractivity contribution < 1.29 is 8.78 Å². The van der Waals surface area contributed by atoms with Crippen LogP contribution in [0.3, 0.4) is 0 Å². The van der Waals surface area contributed by atoms with Crippen molar-refractivity contribution in [1.29, 1.82) is 0 Å². The number of nitrogens with one attached hydrogen (secondary N) is 1. The van der Waals surface area contributed by atoms with Crippen LogP contribution in [0.5, 0.6) is 0 Å². The van der Waals surface area contributed by atoms with Crippen molar-refractivity contribution in [2.75, 3.05) is 0 Å². The molecular formula is C15H16F2N2S. The van der Waals surface area contributed by atoms with Gasteiger partial charge in [0.1, 0.15) is 11.6 Å². The first-order valence-corrected chi connectivity index (χ1v) is 7.53. The maximum Gasteiger partial charge on any atom is 0.128 e. The fourth-order valence-corrected chi connectivity index (χ4v) is 4.05. The molecule has 1 aliphatic carbocycles. The van der Waals surface area contributed by atoms with Crippen LogP contribution in [0.1, 0.15) is 39.8 Å². The smallest absolute Gasteiger partial charge is 0.128 e. The molecule has 1 aromatic heterocycles. The lowest BCUT2D eigenvalue weighted by atomic mass is 9.98. The van der Waals surface area contributed by atoms with Crippen molar-refractivity contribution in [2.24, 2.45) is 5.84 Å². The number of benzene rings is 1. The molecule has 2 aromatic rings. The molecule has 3 rings (SSSR count). The van der Waals surface area contributed by atoms with Crippen LogP contribution in [0.4, 0.5) is 8.78 Å². The van der Waals surface area contributed by atoms with Crippen LogP contribution >= 0.6 is 11.3 Å². The Balaban J connectivity index is 2.01. The molecule has 1 unspecified atom stereocenters. The molecule has 0 spiro atoms. The summed E-state index contributed by atoms with van der Waals surface area (Å²) in [5.41, 5.74) is 4.20. The number of hydrogen-bond acceptors (Lipinski definition) is 3. The van der Waals surface area contributed by atoms with Gasteiger partial charge in [-0.25, -0.2) is 14.2 Å². The molecule has 1 heterocycles. The standard InChI is InChI=1S/C15H16F2N2S/c16-10-5-6-12(17)11(8-10)15(19-18)14-7-9-3-1-2-4-13(9)20-14/h5-8,15,19H,1-4,18H2. The Morgan fingerprint density at radius 1 is 1.15 bits per heavy atom. The molecule has 0 saturated carbocycles. The predicted octanol–water partition coefficient (Wildman–Crippen LogP) is 3.46. The van der Waals surface area contributed by atoms with Crippen LogP contribution in [0, 0.1) is 11.6 Å². The molecule has 0 amide bonds. The van der Waals surface area contributed by atoms with E-state index in [1.807, 2.05) is 0 Å². The largest absolute Gasteiger partial charge is 0.271 e. The number of thiophene rings is 1. The van der Waals surface area contributed by atoms with E-state index in [0.717, 1.165) is 29.9 Å². The third kappa shape index (κ3) is 2.49. The summed E-state index contributed by atoms with van der Waals surface area (Å²) >= 11 is 1.65. The molecule has 2 nitrogen and oxygen atoms in total. The SMILES string of the molecule is NNC(c1cc2c(s1)CCCC2)c1cc(F)ccc1F. The summed E-state index contributed by atoms with van der Waals surface area (Å²) in [5.74, 6) is 4.68. The van der Waals surface area contributed by atoms with Crippen molar-refractivity contribution in [2.45, 2.75) is 31.7 Å². The van der Waals surface area contributed by atoms with Gasteiger partial charge >= 0.3 is 0 Å². The molecule has 1 aliphatic rings. The molecule has 0 radical (unpaired) electrons. The zero-order valence-corrected chi connectivity index (χ0v) is 11.8. The van der Waals surface area contributed by atoms with Gasteiger partial charge in [0.25, 0.3) is 0 Å². The van der Waals surface area contributed by atoms with E-state index in [4.69, 9.17) is 5.84 Å². The Hall–Kier alpha value is -1.30. The molecule has 3 N–H and O–H groups in total. The van der Waals surface area contributed by atoms with Gasteiger partial charge in [0.05, 0.1) is 6.04 Å². The van der Waals surface area contributed by atoms with Crippen LogP contribution in [-0.2, 0) is 12.8 Å². The van der Waals surface area contributed by atoms with Crippen molar-refractivity contribution >= 4 is 11.3 Å². The second kappa shape index (κ2) is 5.60. The highest BCUT2D eigenvalue weighted by Crippen LogP contribution is 2.35. The molecule has 0 bridgehead atoms. The Morgan fingerprint density at radius 3 is 2.70 bits per heavy atom. The van der Waals surface area contributed by atoms with Crippen LogP contribution < -0.4 is 11.3 Å². The topological polar surface area (TPSA) is 38.0 Å². The summed E-state index contributed by atoms with van der Waals surface area (Å²) in [6, 6.07) is 5.04. The number of aryl methyl sites for hydroxylation is 2. The molecular weight excluding hydrogens is 278 g/mol. The highest BCUT2D eigenvalue weighted by atomic mass is 32.1. The van der Waals surface area contributed by atoms with E-state index in [1.165, 1.54) is 29.3 Å². The number of fused-ring (bicyclic) bond motifs is 1. The zero-order valence-electron chi connectivity index (χ0n) is 11.0. The van der Waals surface area contributed by atoms with Gasteiger partial charge in [-0.05, 0) is 55.5 Å². The van der Waals surface area contributed by atoms with E-state index in [2.05, 4.69) is 11.5 Å². The Kier molecular flexibility index (Phi) is 3.83. The van der Waals surface area contributed by atoms with Gasteiger partial charge in [-0.15, -0.1) is 11.3 Å².